The quantitative estimate of drug-likeness (QED) is 0.301. The zero-order valence-electron chi connectivity index (χ0n) is 16.8. The molecule has 8 heteroatoms. The Balaban J connectivity index is 1.42. The van der Waals surface area contributed by atoms with Crippen LogP contribution in [0.25, 0.3) is 0 Å². The van der Waals surface area contributed by atoms with Gasteiger partial charge in [-0.15, -0.1) is 0 Å². The molecule has 0 saturated carbocycles. The summed E-state index contributed by atoms with van der Waals surface area (Å²) in [6.45, 7) is 8.46. The van der Waals surface area contributed by atoms with Crippen LogP contribution in [0.2, 0.25) is 5.02 Å². The molecule has 0 atom stereocenters. The van der Waals surface area contributed by atoms with Crippen molar-refractivity contribution in [2.45, 2.75) is 13.0 Å². The maximum absolute atomic E-state index is 11.2. The summed E-state index contributed by atoms with van der Waals surface area (Å²) in [5, 5.41) is 13.8. The minimum Gasteiger partial charge on any atom is -0.450 e. The molecule has 1 saturated heterocycles. The number of nitro groups is 1. The molecule has 0 radical (unpaired) electrons. The Bertz CT molecular complexity index is 808. The first kappa shape index (κ1) is 21.5. The number of hydrogen-bond donors (Lipinski definition) is 3. The highest BCUT2D eigenvalue weighted by Gasteiger charge is 2.19. The summed E-state index contributed by atoms with van der Waals surface area (Å²) in [5.41, 5.74) is 1.07. The number of piperazine rings is 1. The highest BCUT2D eigenvalue weighted by molar-refractivity contribution is 6.30. The van der Waals surface area contributed by atoms with Gasteiger partial charge >= 0.3 is 5.69 Å². The van der Waals surface area contributed by atoms with Crippen LogP contribution in [0.5, 0.6) is 11.5 Å². The molecule has 29 heavy (non-hydrogen) atoms. The predicted octanol–water partition coefficient (Wildman–Crippen LogP) is -0.0928. The number of nitro benzene ring substituents is 1. The van der Waals surface area contributed by atoms with E-state index >= 15 is 0 Å². The number of hydrogen-bond acceptors (Lipinski definition) is 3. The van der Waals surface area contributed by atoms with Gasteiger partial charge in [-0.3, -0.25) is 10.1 Å². The van der Waals surface area contributed by atoms with E-state index in [2.05, 4.69) is 12.4 Å². The molecule has 3 rings (SSSR count). The Kier molecular flexibility index (Phi) is 7.83. The van der Waals surface area contributed by atoms with E-state index in [1.54, 1.807) is 15.9 Å². The van der Waals surface area contributed by atoms with Crippen molar-refractivity contribution in [2.75, 3.05) is 46.3 Å². The highest BCUT2D eigenvalue weighted by atomic mass is 35.5. The maximum atomic E-state index is 11.2. The van der Waals surface area contributed by atoms with Crippen LogP contribution in [0.3, 0.4) is 0 Å². The lowest BCUT2D eigenvalue weighted by molar-refractivity contribution is -1.00. The van der Waals surface area contributed by atoms with Crippen LogP contribution >= 0.6 is 11.6 Å². The second-order valence-corrected chi connectivity index (χ2v) is 8.14. The van der Waals surface area contributed by atoms with Gasteiger partial charge in [0.25, 0.3) is 0 Å². The normalized spacial score (nSPS) is 19.1. The Morgan fingerprint density at radius 2 is 1.86 bits per heavy atom. The van der Waals surface area contributed by atoms with Crippen molar-refractivity contribution in [3.8, 4) is 11.5 Å². The molecule has 4 N–H and O–H groups in total. The zero-order valence-corrected chi connectivity index (χ0v) is 17.6. The van der Waals surface area contributed by atoms with Gasteiger partial charge in [0.15, 0.2) is 0 Å². The minimum absolute atomic E-state index is 0.140. The third-order valence-corrected chi connectivity index (χ3v) is 5.63. The third-order valence-electron chi connectivity index (χ3n) is 5.40. The number of likely N-dealkylation sites (N-methyl/N-ethyl adjacent to an activating group) is 1. The fraction of sp³-hybridized carbons (Fsp3) is 0.429. The average molecular weight is 422 g/mol. The smallest absolute Gasteiger partial charge is 0.313 e. The van der Waals surface area contributed by atoms with E-state index in [1.165, 1.54) is 56.8 Å². The molecule has 1 aliphatic rings. The van der Waals surface area contributed by atoms with E-state index in [0.29, 0.717) is 10.8 Å². The van der Waals surface area contributed by atoms with Crippen LogP contribution < -0.4 is 19.9 Å². The number of nitrogens with one attached hydrogen (secondary N) is 2. The van der Waals surface area contributed by atoms with Crippen LogP contribution in [0, 0.1) is 10.1 Å². The van der Waals surface area contributed by atoms with Crippen LogP contribution in [0.15, 0.2) is 42.5 Å². The van der Waals surface area contributed by atoms with E-state index in [9.17, 15) is 10.1 Å². The molecule has 0 unspecified atom stereocenters. The van der Waals surface area contributed by atoms with E-state index in [4.69, 9.17) is 16.3 Å². The minimum atomic E-state index is -0.491. The highest BCUT2D eigenvalue weighted by Crippen LogP contribution is 2.33. The molecule has 0 amide bonds. The number of nitrogens with zero attached hydrogens (tertiary/aromatic N) is 1. The van der Waals surface area contributed by atoms with Crippen LogP contribution in [-0.4, -0.2) is 51.2 Å². The van der Waals surface area contributed by atoms with Gasteiger partial charge in [-0.05, 0) is 36.4 Å². The van der Waals surface area contributed by atoms with Gasteiger partial charge < -0.3 is 19.9 Å². The van der Waals surface area contributed by atoms with Crippen LogP contribution in [0.1, 0.15) is 12.0 Å². The molecule has 156 valence electrons. The molecule has 7 nitrogen and oxygen atoms in total. The summed E-state index contributed by atoms with van der Waals surface area (Å²) in [7, 11) is 2.28. The Hall–Kier alpha value is -2.19. The average Bonchev–Trinajstić information content (AvgIpc) is 2.71. The van der Waals surface area contributed by atoms with Crippen molar-refractivity contribution in [1.29, 1.82) is 0 Å². The van der Waals surface area contributed by atoms with Gasteiger partial charge in [0, 0.05) is 23.1 Å². The van der Waals surface area contributed by atoms with Gasteiger partial charge in [0.05, 0.1) is 25.1 Å². The zero-order chi connectivity index (χ0) is 20.6. The van der Waals surface area contributed by atoms with Crippen molar-refractivity contribution in [3.63, 3.8) is 0 Å². The molecule has 2 aromatic carbocycles. The third kappa shape index (κ3) is 6.68. The lowest BCUT2D eigenvalue weighted by Gasteiger charge is -2.27. The van der Waals surface area contributed by atoms with Crippen molar-refractivity contribution in [3.05, 3.63) is 63.2 Å². The number of quaternary nitrogens is 3. The lowest BCUT2D eigenvalue weighted by atomic mass is 10.2. The predicted molar refractivity (Wildman–Crippen MR) is 112 cm³/mol. The van der Waals surface area contributed by atoms with E-state index in [-0.39, 0.29) is 11.4 Å². The Labute approximate surface area is 176 Å². The fourth-order valence-electron chi connectivity index (χ4n) is 3.59. The number of rotatable bonds is 9. The maximum Gasteiger partial charge on any atom is 0.313 e. The molecule has 0 aliphatic carbocycles. The SMILES string of the molecule is C[NH+]1CC[NH+](CCC[NH2+]Cc2ccc(Oc3ccc(Cl)cc3[N+](=O)[O-])cc2)CC1. The van der Waals surface area contributed by atoms with Gasteiger partial charge in [-0.1, -0.05) is 11.6 Å². The van der Waals surface area contributed by atoms with Crippen LogP contribution in [0.4, 0.5) is 5.69 Å². The monoisotopic (exact) mass is 421 g/mol. The van der Waals surface area contributed by atoms with Gasteiger partial charge in [-0.25, -0.2) is 0 Å². The van der Waals surface area contributed by atoms with Crippen molar-refractivity contribution in [2.24, 2.45) is 0 Å². The van der Waals surface area contributed by atoms with Gasteiger partial charge in [-0.2, -0.15) is 0 Å². The topological polar surface area (TPSA) is 77.9 Å². The summed E-state index contributed by atoms with van der Waals surface area (Å²) in [4.78, 5) is 14.1. The first-order chi connectivity index (χ1) is 14.0. The Morgan fingerprint density at radius 3 is 2.55 bits per heavy atom. The molecule has 1 aliphatic heterocycles. The largest absolute Gasteiger partial charge is 0.450 e. The second kappa shape index (κ2) is 10.5. The van der Waals surface area contributed by atoms with Gasteiger partial charge in [0.1, 0.15) is 38.5 Å². The standard InChI is InChI=1S/C21H27ClN4O3/c1-24-11-13-25(14-12-24)10-2-9-23-16-17-3-6-19(7-4-17)29-21-8-5-18(22)15-20(21)26(27)28/h3-8,15,23H,2,9-14,16H2,1H3/p+3. The molecule has 0 spiro atoms. The summed E-state index contributed by atoms with van der Waals surface area (Å²) in [6, 6.07) is 12.1. The lowest BCUT2D eigenvalue weighted by Crippen LogP contribution is -3.27. The van der Waals surface area contributed by atoms with E-state index < -0.39 is 4.92 Å². The fourth-order valence-corrected chi connectivity index (χ4v) is 3.75. The van der Waals surface area contributed by atoms with Crippen molar-refractivity contribution >= 4 is 17.3 Å². The molecule has 0 aromatic heterocycles. The molecule has 0 bridgehead atoms. The summed E-state index contributed by atoms with van der Waals surface area (Å²) in [5.74, 6) is 0.756. The summed E-state index contributed by atoms with van der Waals surface area (Å²) < 4.78 is 5.68. The van der Waals surface area contributed by atoms with Crippen molar-refractivity contribution in [1.82, 2.24) is 0 Å². The van der Waals surface area contributed by atoms with E-state index in [0.717, 1.165) is 13.1 Å². The van der Waals surface area contributed by atoms with Crippen molar-refractivity contribution < 1.29 is 24.8 Å². The first-order valence-electron chi connectivity index (χ1n) is 10.2. The first-order valence-corrected chi connectivity index (χ1v) is 10.6. The Morgan fingerprint density at radius 1 is 1.14 bits per heavy atom. The molecule has 2 aromatic rings. The van der Waals surface area contributed by atoms with Crippen LogP contribution in [-0.2, 0) is 6.54 Å². The summed E-state index contributed by atoms with van der Waals surface area (Å²) >= 11 is 5.84. The number of nitrogens with two attached hydrogens (primary N) is 1. The van der Waals surface area contributed by atoms with Gasteiger partial charge in [0.2, 0.25) is 5.75 Å². The molecular formula is C21H30ClN4O3+3. The molecule has 1 fully saturated rings. The number of ether oxygens (including phenoxy) is 1. The van der Waals surface area contributed by atoms with E-state index in [1.807, 2.05) is 24.3 Å². The second-order valence-electron chi connectivity index (χ2n) is 7.71. The summed E-state index contributed by atoms with van der Waals surface area (Å²) in [6.07, 6.45) is 1.23. The number of halogens is 1. The number of benzene rings is 2. The molecular weight excluding hydrogens is 392 g/mol. The molecule has 1 heterocycles.